The molecule has 2 unspecified atom stereocenters. The Morgan fingerprint density at radius 3 is 2.40 bits per heavy atom. The highest BCUT2D eigenvalue weighted by Gasteiger charge is 2.15. The van der Waals surface area contributed by atoms with E-state index in [9.17, 15) is 5.11 Å². The summed E-state index contributed by atoms with van der Waals surface area (Å²) in [5, 5.41) is 10.2. The van der Waals surface area contributed by atoms with Gasteiger partial charge >= 0.3 is 0 Å². The normalized spacial score (nSPS) is 14.4. The van der Waals surface area contributed by atoms with Crippen LogP contribution in [0, 0.1) is 0 Å². The highest BCUT2D eigenvalue weighted by molar-refractivity contribution is 5.17. The predicted octanol–water partition coefficient (Wildman–Crippen LogP) is 2.09. The van der Waals surface area contributed by atoms with Crippen molar-refractivity contribution >= 4 is 0 Å². The molecular weight excluding hydrogens is 254 g/mol. The van der Waals surface area contributed by atoms with Crippen molar-refractivity contribution in [3.63, 3.8) is 0 Å². The van der Waals surface area contributed by atoms with Gasteiger partial charge in [0.25, 0.3) is 0 Å². The fourth-order valence-electron chi connectivity index (χ4n) is 2.24. The van der Waals surface area contributed by atoms with Crippen LogP contribution in [0.4, 0.5) is 0 Å². The Balaban J connectivity index is 2.48. The van der Waals surface area contributed by atoms with E-state index in [0.29, 0.717) is 25.7 Å². The van der Waals surface area contributed by atoms with Crippen molar-refractivity contribution in [2.45, 2.75) is 25.5 Å². The predicted molar refractivity (Wildman–Crippen MR) is 80.8 cm³/mol. The largest absolute Gasteiger partial charge is 0.388 e. The monoisotopic (exact) mass is 281 g/mol. The van der Waals surface area contributed by atoms with E-state index in [1.165, 1.54) is 0 Å². The van der Waals surface area contributed by atoms with Crippen molar-refractivity contribution in [3.8, 4) is 0 Å². The zero-order chi connectivity index (χ0) is 14.8. The minimum Gasteiger partial charge on any atom is -0.388 e. The second-order valence-electron chi connectivity index (χ2n) is 5.05. The maximum atomic E-state index is 10.2. The van der Waals surface area contributed by atoms with Crippen LogP contribution in [0.25, 0.3) is 0 Å². The second kappa shape index (κ2) is 9.88. The Morgan fingerprint density at radius 2 is 1.80 bits per heavy atom. The van der Waals surface area contributed by atoms with Gasteiger partial charge in [-0.1, -0.05) is 30.3 Å². The lowest BCUT2D eigenvalue weighted by molar-refractivity contribution is 0.0612. The van der Waals surface area contributed by atoms with Crippen LogP contribution in [-0.2, 0) is 9.47 Å². The minimum absolute atomic E-state index is 0.318. The van der Waals surface area contributed by atoms with Crippen LogP contribution in [0.5, 0.6) is 0 Å². The van der Waals surface area contributed by atoms with Crippen LogP contribution in [0.3, 0.4) is 0 Å². The lowest BCUT2D eigenvalue weighted by Crippen LogP contribution is -2.39. The van der Waals surface area contributed by atoms with Crippen LogP contribution < -0.4 is 0 Å². The van der Waals surface area contributed by atoms with E-state index in [0.717, 1.165) is 18.7 Å². The molecule has 0 saturated heterocycles. The molecule has 1 aromatic rings. The van der Waals surface area contributed by atoms with Gasteiger partial charge in [0.15, 0.2) is 0 Å². The molecule has 0 aliphatic carbocycles. The lowest BCUT2D eigenvalue weighted by Gasteiger charge is -2.29. The molecule has 0 saturated carbocycles. The first-order valence-electron chi connectivity index (χ1n) is 7.14. The van der Waals surface area contributed by atoms with E-state index in [4.69, 9.17) is 9.47 Å². The maximum absolute atomic E-state index is 10.2. The number of rotatable bonds is 10. The van der Waals surface area contributed by atoms with Gasteiger partial charge in [0.05, 0.1) is 19.3 Å². The van der Waals surface area contributed by atoms with Crippen molar-refractivity contribution in [3.05, 3.63) is 35.9 Å². The number of benzene rings is 1. The van der Waals surface area contributed by atoms with E-state index < -0.39 is 6.10 Å². The Morgan fingerprint density at radius 1 is 1.10 bits per heavy atom. The van der Waals surface area contributed by atoms with Crippen LogP contribution in [0.15, 0.2) is 30.3 Å². The molecule has 0 bridgehead atoms. The van der Waals surface area contributed by atoms with Crippen molar-refractivity contribution in [2.75, 3.05) is 40.5 Å². The third-order valence-corrected chi connectivity index (χ3v) is 3.49. The topological polar surface area (TPSA) is 41.9 Å². The van der Waals surface area contributed by atoms with Gasteiger partial charge in [-0.25, -0.2) is 0 Å². The van der Waals surface area contributed by atoms with E-state index in [2.05, 4.69) is 11.8 Å². The summed E-state index contributed by atoms with van der Waals surface area (Å²) in [6.07, 6.45) is 0.290. The average Bonchev–Trinajstić information content (AvgIpc) is 2.48. The third kappa shape index (κ3) is 6.01. The number of aliphatic hydroxyl groups is 1. The Labute approximate surface area is 122 Å². The van der Waals surface area contributed by atoms with Crippen LogP contribution in [0.2, 0.25) is 0 Å². The van der Waals surface area contributed by atoms with Gasteiger partial charge in [-0.05, 0) is 18.9 Å². The minimum atomic E-state index is -0.420. The van der Waals surface area contributed by atoms with Crippen molar-refractivity contribution in [1.29, 1.82) is 0 Å². The third-order valence-electron chi connectivity index (χ3n) is 3.49. The molecule has 4 nitrogen and oxygen atoms in total. The van der Waals surface area contributed by atoms with Crippen LogP contribution in [0.1, 0.15) is 25.0 Å². The molecule has 2 atom stereocenters. The van der Waals surface area contributed by atoms with Crippen molar-refractivity contribution in [2.24, 2.45) is 0 Å². The van der Waals surface area contributed by atoms with E-state index in [1.54, 1.807) is 14.2 Å². The van der Waals surface area contributed by atoms with Gasteiger partial charge in [0.1, 0.15) is 0 Å². The summed E-state index contributed by atoms with van der Waals surface area (Å²) in [6, 6.07) is 10.1. The number of hydrogen-bond donors (Lipinski definition) is 1. The Kier molecular flexibility index (Phi) is 8.46. The number of nitrogens with zero attached hydrogens (tertiary/aromatic N) is 1. The highest BCUT2D eigenvalue weighted by Crippen LogP contribution is 2.17. The molecular formula is C16H27NO3. The van der Waals surface area contributed by atoms with Gasteiger partial charge in [-0.2, -0.15) is 0 Å². The van der Waals surface area contributed by atoms with E-state index in [1.807, 2.05) is 30.3 Å². The smallest absolute Gasteiger partial charge is 0.0802 e. The molecule has 1 aromatic carbocycles. The quantitative estimate of drug-likeness (QED) is 0.713. The summed E-state index contributed by atoms with van der Waals surface area (Å²) >= 11 is 0. The van der Waals surface area contributed by atoms with Crippen molar-refractivity contribution < 1.29 is 14.6 Å². The van der Waals surface area contributed by atoms with Gasteiger partial charge in [0, 0.05) is 33.4 Å². The standard InChI is InChI=1S/C16H27NO3/c1-14(13-20-3)17(11-12-19-2)10-9-16(18)15-7-5-4-6-8-15/h4-8,14,16,18H,9-13H2,1-3H3. The lowest BCUT2D eigenvalue weighted by atomic mass is 10.1. The molecule has 0 amide bonds. The first-order chi connectivity index (χ1) is 9.69. The summed E-state index contributed by atoms with van der Waals surface area (Å²) in [6.45, 7) is 5.18. The molecule has 0 spiro atoms. The summed E-state index contributed by atoms with van der Waals surface area (Å²) in [4.78, 5) is 2.29. The number of hydrogen-bond acceptors (Lipinski definition) is 4. The molecule has 0 aliphatic heterocycles. The molecule has 1 N–H and O–H groups in total. The number of aliphatic hydroxyl groups excluding tert-OH is 1. The van der Waals surface area contributed by atoms with Gasteiger partial charge in [-0.3, -0.25) is 4.90 Å². The molecule has 0 radical (unpaired) electrons. The molecule has 0 aromatic heterocycles. The summed E-state index contributed by atoms with van der Waals surface area (Å²) in [7, 11) is 3.42. The first kappa shape index (κ1) is 17.1. The van der Waals surface area contributed by atoms with Crippen molar-refractivity contribution in [1.82, 2.24) is 4.90 Å². The van der Waals surface area contributed by atoms with E-state index >= 15 is 0 Å². The molecule has 0 aliphatic rings. The fourth-order valence-corrected chi connectivity index (χ4v) is 2.24. The highest BCUT2D eigenvalue weighted by atomic mass is 16.5. The SMILES string of the molecule is COCCN(CCC(O)c1ccccc1)C(C)COC. The van der Waals surface area contributed by atoms with Gasteiger partial charge < -0.3 is 14.6 Å². The van der Waals surface area contributed by atoms with Gasteiger partial charge in [0.2, 0.25) is 0 Å². The first-order valence-corrected chi connectivity index (χ1v) is 7.14. The van der Waals surface area contributed by atoms with Crippen LogP contribution in [-0.4, -0.2) is 56.6 Å². The molecule has 20 heavy (non-hydrogen) atoms. The molecule has 0 heterocycles. The molecule has 0 fully saturated rings. The summed E-state index contributed by atoms with van der Waals surface area (Å²) < 4.78 is 10.4. The molecule has 4 heteroatoms. The molecule has 1 rings (SSSR count). The Hall–Kier alpha value is -0.940. The molecule has 114 valence electrons. The zero-order valence-corrected chi connectivity index (χ0v) is 12.8. The van der Waals surface area contributed by atoms with Gasteiger partial charge in [-0.15, -0.1) is 0 Å². The number of methoxy groups -OCH3 is 2. The Bertz CT molecular complexity index is 345. The summed E-state index contributed by atoms with van der Waals surface area (Å²) in [5.41, 5.74) is 0.971. The second-order valence-corrected chi connectivity index (χ2v) is 5.05. The van der Waals surface area contributed by atoms with Crippen LogP contribution >= 0.6 is 0 Å². The zero-order valence-electron chi connectivity index (χ0n) is 12.8. The average molecular weight is 281 g/mol. The fraction of sp³-hybridized carbons (Fsp3) is 0.625. The number of ether oxygens (including phenoxy) is 2. The maximum Gasteiger partial charge on any atom is 0.0802 e. The summed E-state index contributed by atoms with van der Waals surface area (Å²) in [5.74, 6) is 0. The van der Waals surface area contributed by atoms with E-state index in [-0.39, 0.29) is 0 Å².